The number of rotatable bonds is 3. The molecule has 3 heterocycles. The minimum atomic E-state index is -1.07. The van der Waals surface area contributed by atoms with Crippen molar-refractivity contribution >= 4 is 39.1 Å². The van der Waals surface area contributed by atoms with Crippen molar-refractivity contribution in [2.24, 2.45) is 0 Å². The van der Waals surface area contributed by atoms with Gasteiger partial charge in [-0.1, -0.05) is 34.1 Å². The Morgan fingerprint density at radius 2 is 1.97 bits per heavy atom. The van der Waals surface area contributed by atoms with Crippen LogP contribution in [0.2, 0.25) is 0 Å². The molecule has 0 radical (unpaired) electrons. The summed E-state index contributed by atoms with van der Waals surface area (Å²) in [6.07, 6.45) is 0.768. The van der Waals surface area contributed by atoms with Gasteiger partial charge in [0.25, 0.3) is 0 Å². The monoisotopic (exact) mass is 508 g/mol. The van der Waals surface area contributed by atoms with Crippen LogP contribution < -0.4 is 19.7 Å². The zero-order chi connectivity index (χ0) is 22.7. The fourth-order valence-corrected chi connectivity index (χ4v) is 5.66. The molecule has 8 heteroatoms. The fourth-order valence-electron chi connectivity index (χ4n) is 4.97. The summed E-state index contributed by atoms with van der Waals surface area (Å²) in [4.78, 5) is 28.3. The summed E-state index contributed by atoms with van der Waals surface area (Å²) in [5.74, 6) is 0.129. The van der Waals surface area contributed by atoms with E-state index in [2.05, 4.69) is 21.2 Å². The van der Waals surface area contributed by atoms with Gasteiger partial charge in [0.2, 0.25) is 11.8 Å². The summed E-state index contributed by atoms with van der Waals surface area (Å²) in [7, 11) is 0. The van der Waals surface area contributed by atoms with E-state index in [0.717, 1.165) is 33.3 Å². The number of fused-ring (bicyclic) bond motifs is 5. The van der Waals surface area contributed by atoms with Gasteiger partial charge in [0, 0.05) is 28.1 Å². The van der Waals surface area contributed by atoms with E-state index in [1.54, 1.807) is 12.1 Å². The predicted octanol–water partition coefficient (Wildman–Crippen LogP) is 4.19. The summed E-state index contributed by atoms with van der Waals surface area (Å²) in [5, 5.41) is 2.57. The molecule has 1 atom stereocenters. The average Bonchev–Trinajstić information content (AvgIpc) is 3.47. The lowest BCUT2D eigenvalue weighted by Gasteiger charge is -2.23. The van der Waals surface area contributed by atoms with Crippen LogP contribution in [0.3, 0.4) is 0 Å². The molecule has 33 heavy (non-hydrogen) atoms. The Morgan fingerprint density at radius 3 is 2.82 bits per heavy atom. The fraction of sp³-hybridized carbons (Fsp3) is 0.200. The lowest BCUT2D eigenvalue weighted by Crippen LogP contribution is -2.45. The highest BCUT2D eigenvalue weighted by atomic mass is 79.9. The van der Waals surface area contributed by atoms with Crippen molar-refractivity contribution in [1.82, 2.24) is 0 Å². The van der Waals surface area contributed by atoms with Gasteiger partial charge in [0.1, 0.15) is 35.9 Å². The average molecular weight is 509 g/mol. The molecule has 0 saturated heterocycles. The van der Waals surface area contributed by atoms with Crippen LogP contribution in [0.15, 0.2) is 59.1 Å². The molecule has 0 fully saturated rings. The first-order valence-electron chi connectivity index (χ1n) is 10.6. The minimum absolute atomic E-state index is 0.0726. The molecule has 0 aromatic heterocycles. The lowest BCUT2D eigenvalue weighted by molar-refractivity contribution is -0.124. The van der Waals surface area contributed by atoms with Gasteiger partial charge in [-0.05, 0) is 35.9 Å². The van der Waals surface area contributed by atoms with E-state index in [4.69, 9.17) is 9.47 Å². The second kappa shape index (κ2) is 7.31. The number of anilines is 2. The number of ether oxygens (including phenoxy) is 2. The Morgan fingerprint density at radius 1 is 1.12 bits per heavy atom. The van der Waals surface area contributed by atoms with Gasteiger partial charge in [-0.25, -0.2) is 4.39 Å². The van der Waals surface area contributed by atoms with Crippen LogP contribution in [-0.4, -0.2) is 31.6 Å². The molecule has 1 N–H and O–H groups in total. The molecule has 166 valence electrons. The maximum absolute atomic E-state index is 14.0. The number of hydrogen-bond donors (Lipinski definition) is 1. The molecule has 1 spiro atoms. The third-order valence-electron chi connectivity index (χ3n) is 6.46. The van der Waals surface area contributed by atoms with Crippen molar-refractivity contribution < 1.29 is 23.5 Å². The van der Waals surface area contributed by atoms with Gasteiger partial charge in [-0.15, -0.1) is 0 Å². The first kappa shape index (κ1) is 20.2. The summed E-state index contributed by atoms with van der Waals surface area (Å²) in [5.41, 5.74) is 2.22. The van der Waals surface area contributed by atoms with Crippen LogP contribution in [0.4, 0.5) is 15.8 Å². The Hall–Kier alpha value is -3.39. The van der Waals surface area contributed by atoms with Gasteiger partial charge in [-0.3, -0.25) is 9.59 Å². The van der Waals surface area contributed by atoms with Crippen LogP contribution in [0.1, 0.15) is 16.7 Å². The molecule has 6 rings (SSSR count). The third kappa shape index (κ3) is 2.90. The van der Waals surface area contributed by atoms with Crippen molar-refractivity contribution in [1.29, 1.82) is 0 Å². The Labute approximate surface area is 197 Å². The van der Waals surface area contributed by atoms with E-state index in [1.165, 1.54) is 17.0 Å². The van der Waals surface area contributed by atoms with E-state index < -0.39 is 17.1 Å². The molecule has 3 aliphatic heterocycles. The van der Waals surface area contributed by atoms with Crippen LogP contribution >= 0.6 is 15.9 Å². The summed E-state index contributed by atoms with van der Waals surface area (Å²) < 4.78 is 26.5. The number of nitrogens with zero attached hydrogens (tertiary/aromatic N) is 1. The van der Waals surface area contributed by atoms with E-state index >= 15 is 0 Å². The minimum Gasteiger partial charge on any atom is -0.493 e. The van der Waals surface area contributed by atoms with Gasteiger partial charge in [-0.2, -0.15) is 0 Å². The number of carbonyl (C=O) groups is 2. The molecular formula is C25H18BrFN2O4. The summed E-state index contributed by atoms with van der Waals surface area (Å²) in [6, 6.07) is 15.3. The zero-order valence-electron chi connectivity index (χ0n) is 17.4. The largest absolute Gasteiger partial charge is 0.493 e. The standard InChI is InChI=1S/C25H18BrFN2O4/c26-16-4-3-7-19-23(16)25(13-33-21-11-20-14(8-9-32-20)10-15(21)25)24(31)29(19)12-22(30)28-18-6-2-1-5-17(18)27/h1-7,10-11H,8-9,12-13H2,(H,28,30). The molecule has 1 unspecified atom stereocenters. The quantitative estimate of drug-likeness (QED) is 0.576. The zero-order valence-corrected chi connectivity index (χ0v) is 18.9. The Balaban J connectivity index is 1.41. The summed E-state index contributed by atoms with van der Waals surface area (Å²) >= 11 is 3.62. The van der Waals surface area contributed by atoms with Crippen molar-refractivity contribution in [3.05, 3.63) is 81.6 Å². The molecule has 0 bridgehead atoms. The van der Waals surface area contributed by atoms with Gasteiger partial charge in [0.15, 0.2) is 0 Å². The molecular weight excluding hydrogens is 491 g/mol. The van der Waals surface area contributed by atoms with Crippen LogP contribution in [-0.2, 0) is 21.4 Å². The molecule has 0 saturated carbocycles. The highest BCUT2D eigenvalue weighted by Gasteiger charge is 2.58. The van der Waals surface area contributed by atoms with Gasteiger partial charge < -0.3 is 19.7 Å². The van der Waals surface area contributed by atoms with Gasteiger partial charge >= 0.3 is 0 Å². The van der Waals surface area contributed by atoms with Crippen molar-refractivity contribution in [3.63, 3.8) is 0 Å². The normalized spacial score (nSPS) is 19.7. The first-order chi connectivity index (χ1) is 16.0. The third-order valence-corrected chi connectivity index (χ3v) is 7.13. The van der Waals surface area contributed by atoms with E-state index in [-0.39, 0.29) is 24.7 Å². The SMILES string of the molecule is O=C(CN1C(=O)C2(COc3cc4c(cc32)CCO4)c2c(Br)cccc21)Nc1ccccc1F. The molecule has 3 aliphatic rings. The number of carbonyl (C=O) groups excluding carboxylic acids is 2. The van der Waals surface area contributed by atoms with Gasteiger partial charge in [0.05, 0.1) is 18.0 Å². The molecule has 3 aromatic carbocycles. The predicted molar refractivity (Wildman–Crippen MR) is 123 cm³/mol. The van der Waals surface area contributed by atoms with E-state index in [9.17, 15) is 14.0 Å². The highest BCUT2D eigenvalue weighted by molar-refractivity contribution is 9.10. The maximum atomic E-state index is 14.0. The lowest BCUT2D eigenvalue weighted by atomic mass is 9.76. The first-order valence-corrected chi connectivity index (χ1v) is 11.4. The second-order valence-electron chi connectivity index (χ2n) is 8.30. The van der Waals surface area contributed by atoms with Crippen LogP contribution in [0.25, 0.3) is 0 Å². The number of halogens is 2. The smallest absolute Gasteiger partial charge is 0.246 e. The topological polar surface area (TPSA) is 67.9 Å². The number of amides is 2. The Kier molecular flexibility index (Phi) is 4.48. The van der Waals surface area contributed by atoms with Crippen LogP contribution in [0, 0.1) is 5.82 Å². The van der Waals surface area contributed by atoms with Crippen molar-refractivity contribution in [2.45, 2.75) is 11.8 Å². The Bertz CT molecular complexity index is 1340. The maximum Gasteiger partial charge on any atom is 0.246 e. The summed E-state index contributed by atoms with van der Waals surface area (Å²) in [6.45, 7) is 0.481. The molecule has 2 amide bonds. The molecule has 6 nitrogen and oxygen atoms in total. The van der Waals surface area contributed by atoms with E-state index in [1.807, 2.05) is 30.3 Å². The van der Waals surface area contributed by atoms with Crippen molar-refractivity contribution in [3.8, 4) is 11.5 Å². The number of benzene rings is 3. The molecule has 0 aliphatic carbocycles. The number of para-hydroxylation sites is 1. The highest BCUT2D eigenvalue weighted by Crippen LogP contribution is 2.55. The van der Waals surface area contributed by atoms with Crippen LogP contribution in [0.5, 0.6) is 11.5 Å². The van der Waals surface area contributed by atoms with Crippen molar-refractivity contribution in [2.75, 3.05) is 30.0 Å². The number of nitrogens with one attached hydrogen (secondary N) is 1. The van der Waals surface area contributed by atoms with E-state index in [0.29, 0.717) is 18.0 Å². The number of hydrogen-bond acceptors (Lipinski definition) is 4. The second-order valence-corrected chi connectivity index (χ2v) is 9.16. The molecule has 3 aromatic rings.